The van der Waals surface area contributed by atoms with Crippen LogP contribution in [0.25, 0.3) is 10.9 Å². The number of aromatic amines is 1. The zero-order chi connectivity index (χ0) is 19.8. The number of hydrogen-bond acceptors (Lipinski definition) is 4. The van der Waals surface area contributed by atoms with Crippen molar-refractivity contribution in [1.29, 1.82) is 0 Å². The molecule has 27 heavy (non-hydrogen) atoms. The van der Waals surface area contributed by atoms with Crippen molar-refractivity contribution in [3.63, 3.8) is 0 Å². The summed E-state index contributed by atoms with van der Waals surface area (Å²) in [6.07, 6.45) is 1.98. The maximum Gasteiger partial charge on any atom is 0.253 e. The highest BCUT2D eigenvalue weighted by Gasteiger charge is 2.13. The minimum Gasteiger partial charge on any atom is -0.497 e. The average molecular weight is 391 g/mol. The molecule has 2 aromatic rings. The van der Waals surface area contributed by atoms with Gasteiger partial charge in [0.25, 0.3) is 5.56 Å². The lowest BCUT2D eigenvalue weighted by Gasteiger charge is -2.26. The van der Waals surface area contributed by atoms with Gasteiger partial charge in [0.15, 0.2) is 5.11 Å². The van der Waals surface area contributed by atoms with Crippen molar-refractivity contribution in [1.82, 2.24) is 20.1 Å². The molecule has 2 N–H and O–H groups in total. The molecule has 148 valence electrons. The van der Waals surface area contributed by atoms with Crippen LogP contribution in [-0.4, -0.2) is 60.7 Å². The topological polar surface area (TPSA) is 60.6 Å². The second-order valence-electron chi connectivity index (χ2n) is 6.89. The first-order chi connectivity index (χ1) is 12.9. The summed E-state index contributed by atoms with van der Waals surface area (Å²) in [5.41, 5.74) is 1.39. The fourth-order valence-electron chi connectivity index (χ4n) is 2.85. The summed E-state index contributed by atoms with van der Waals surface area (Å²) >= 11 is 5.56. The van der Waals surface area contributed by atoms with Crippen molar-refractivity contribution in [3.05, 3.63) is 40.2 Å². The van der Waals surface area contributed by atoms with Gasteiger partial charge in [-0.25, -0.2) is 0 Å². The fourth-order valence-corrected chi connectivity index (χ4v) is 3.11. The van der Waals surface area contributed by atoms with Crippen LogP contribution in [0.15, 0.2) is 29.1 Å². The van der Waals surface area contributed by atoms with Crippen LogP contribution in [0.3, 0.4) is 0 Å². The third kappa shape index (κ3) is 6.22. The van der Waals surface area contributed by atoms with Gasteiger partial charge in [-0.15, -0.1) is 0 Å². The Bertz CT molecular complexity index is 819. The zero-order valence-corrected chi connectivity index (χ0v) is 17.5. The fraction of sp³-hybridized carbons (Fsp3) is 0.500. The molecule has 0 fully saturated rings. The number of H-pyrrole nitrogens is 1. The Morgan fingerprint density at radius 1 is 1.26 bits per heavy atom. The summed E-state index contributed by atoms with van der Waals surface area (Å²) < 4.78 is 5.23. The lowest BCUT2D eigenvalue weighted by atomic mass is 10.1. The maximum absolute atomic E-state index is 12.6. The van der Waals surface area contributed by atoms with Gasteiger partial charge in [-0.2, -0.15) is 0 Å². The number of hydrogen-bond donors (Lipinski definition) is 2. The molecule has 0 radical (unpaired) electrons. The molecule has 2 rings (SSSR count). The summed E-state index contributed by atoms with van der Waals surface area (Å²) in [4.78, 5) is 19.8. The van der Waals surface area contributed by atoms with E-state index in [4.69, 9.17) is 17.0 Å². The molecule has 0 bridgehead atoms. The van der Waals surface area contributed by atoms with Gasteiger partial charge in [-0.1, -0.05) is 6.92 Å². The van der Waals surface area contributed by atoms with E-state index < -0.39 is 0 Å². The molecule has 1 aromatic carbocycles. The quantitative estimate of drug-likeness (QED) is 0.642. The van der Waals surface area contributed by atoms with Crippen molar-refractivity contribution in [3.8, 4) is 5.75 Å². The molecule has 0 aliphatic heterocycles. The number of thiocarbonyl (C=S) groups is 1. The number of benzene rings is 1. The number of methoxy groups -OCH3 is 1. The second-order valence-corrected chi connectivity index (χ2v) is 7.27. The lowest BCUT2D eigenvalue weighted by Crippen LogP contribution is -2.41. The van der Waals surface area contributed by atoms with Crippen LogP contribution in [0.2, 0.25) is 0 Å². The Kier molecular flexibility index (Phi) is 8.06. The SMILES string of the molecule is CCCNC(=S)N(CCCN(C)C)Cc1cc2ccc(OC)cc2[nH]c1=O. The van der Waals surface area contributed by atoms with E-state index in [9.17, 15) is 4.79 Å². The molecule has 0 saturated heterocycles. The van der Waals surface area contributed by atoms with Gasteiger partial charge < -0.3 is 24.8 Å². The highest BCUT2D eigenvalue weighted by atomic mass is 32.1. The Balaban J connectivity index is 2.22. The molecule has 0 aliphatic carbocycles. The van der Waals surface area contributed by atoms with Gasteiger partial charge in [0, 0.05) is 24.7 Å². The molecule has 0 unspecified atom stereocenters. The molecule has 0 atom stereocenters. The van der Waals surface area contributed by atoms with Crippen LogP contribution >= 0.6 is 12.2 Å². The van der Waals surface area contributed by atoms with Crippen molar-refractivity contribution < 1.29 is 4.74 Å². The number of rotatable bonds is 9. The van der Waals surface area contributed by atoms with E-state index in [-0.39, 0.29) is 5.56 Å². The Labute approximate surface area is 166 Å². The summed E-state index contributed by atoms with van der Waals surface area (Å²) in [6.45, 7) is 5.19. The van der Waals surface area contributed by atoms with Gasteiger partial charge in [-0.3, -0.25) is 4.79 Å². The van der Waals surface area contributed by atoms with Crippen molar-refractivity contribution in [2.75, 3.05) is 40.8 Å². The number of aromatic nitrogens is 1. The van der Waals surface area contributed by atoms with Gasteiger partial charge >= 0.3 is 0 Å². The van der Waals surface area contributed by atoms with Crippen LogP contribution < -0.4 is 15.6 Å². The van der Waals surface area contributed by atoms with Gasteiger partial charge in [0.1, 0.15) is 5.75 Å². The van der Waals surface area contributed by atoms with E-state index in [1.54, 1.807) is 7.11 Å². The third-order valence-corrected chi connectivity index (χ3v) is 4.74. The molecule has 0 aliphatic rings. The van der Waals surface area contributed by atoms with Gasteiger partial charge in [0.05, 0.1) is 19.2 Å². The molecule has 6 nitrogen and oxygen atoms in total. The first kappa shape index (κ1) is 21.2. The highest BCUT2D eigenvalue weighted by molar-refractivity contribution is 7.80. The van der Waals surface area contributed by atoms with Crippen LogP contribution in [-0.2, 0) is 6.54 Å². The molecule has 0 amide bonds. The molecular formula is C20H30N4O2S. The molecular weight excluding hydrogens is 360 g/mol. The van der Waals surface area contributed by atoms with Gasteiger partial charge in [0.2, 0.25) is 0 Å². The standard InChI is InChI=1S/C20H30N4O2S/c1-5-9-21-20(27)24(11-6-10-23(2)3)14-16-12-15-7-8-17(26-4)13-18(15)22-19(16)25/h7-8,12-13H,5-6,9-11,14H2,1-4H3,(H,21,27)(H,22,25). The third-order valence-electron chi connectivity index (χ3n) is 4.34. The molecule has 1 aromatic heterocycles. The predicted octanol–water partition coefficient (Wildman–Crippen LogP) is 2.57. The normalized spacial score (nSPS) is 11.0. The van der Waals surface area contributed by atoms with E-state index in [0.29, 0.717) is 17.2 Å². The van der Waals surface area contributed by atoms with Crippen molar-refractivity contribution in [2.45, 2.75) is 26.3 Å². The first-order valence-electron chi connectivity index (χ1n) is 9.32. The number of fused-ring (bicyclic) bond motifs is 1. The van der Waals surface area contributed by atoms with E-state index in [1.165, 1.54) is 0 Å². The van der Waals surface area contributed by atoms with Crippen molar-refractivity contribution in [2.24, 2.45) is 0 Å². The minimum absolute atomic E-state index is 0.0911. The number of nitrogens with one attached hydrogen (secondary N) is 2. The van der Waals surface area contributed by atoms with Crippen LogP contribution in [0.4, 0.5) is 0 Å². The molecule has 0 spiro atoms. The number of nitrogens with zero attached hydrogens (tertiary/aromatic N) is 2. The first-order valence-corrected chi connectivity index (χ1v) is 9.73. The average Bonchev–Trinajstić information content (AvgIpc) is 2.64. The molecule has 0 saturated carbocycles. The molecule has 7 heteroatoms. The van der Waals surface area contributed by atoms with E-state index in [2.05, 4.69) is 41.1 Å². The number of pyridine rings is 1. The summed E-state index contributed by atoms with van der Waals surface area (Å²) in [5, 5.41) is 4.95. The van der Waals surface area contributed by atoms with Crippen molar-refractivity contribution >= 4 is 28.2 Å². The number of ether oxygens (including phenoxy) is 1. The van der Waals surface area contributed by atoms with Gasteiger partial charge in [-0.05, 0) is 69.3 Å². The second kappa shape index (κ2) is 10.3. The predicted molar refractivity (Wildman–Crippen MR) is 116 cm³/mol. The maximum atomic E-state index is 12.6. The summed E-state index contributed by atoms with van der Waals surface area (Å²) in [7, 11) is 5.73. The highest BCUT2D eigenvalue weighted by Crippen LogP contribution is 2.19. The van der Waals surface area contributed by atoms with Crippen LogP contribution in [0.1, 0.15) is 25.3 Å². The smallest absolute Gasteiger partial charge is 0.253 e. The van der Waals surface area contributed by atoms with E-state index >= 15 is 0 Å². The van der Waals surface area contributed by atoms with Crippen LogP contribution in [0, 0.1) is 0 Å². The lowest BCUT2D eigenvalue weighted by molar-refractivity contribution is 0.340. The monoisotopic (exact) mass is 390 g/mol. The molecule has 1 heterocycles. The summed E-state index contributed by atoms with van der Waals surface area (Å²) in [5.74, 6) is 0.723. The zero-order valence-electron chi connectivity index (χ0n) is 16.7. The van der Waals surface area contributed by atoms with Crippen LogP contribution in [0.5, 0.6) is 5.75 Å². The van der Waals surface area contributed by atoms with E-state index in [0.717, 1.165) is 49.1 Å². The Morgan fingerprint density at radius 3 is 2.70 bits per heavy atom. The Hall–Kier alpha value is -2.12. The van der Waals surface area contributed by atoms with E-state index in [1.807, 2.05) is 24.3 Å². The summed E-state index contributed by atoms with van der Waals surface area (Å²) in [6, 6.07) is 7.63. The largest absolute Gasteiger partial charge is 0.497 e. The minimum atomic E-state index is -0.0911. The Morgan fingerprint density at radius 2 is 2.04 bits per heavy atom.